The molecule has 0 radical (unpaired) electrons. The Balaban J connectivity index is 2.07. The van der Waals surface area contributed by atoms with Crippen LogP contribution in [-0.2, 0) is 17.7 Å². The Kier molecular flexibility index (Phi) is 6.41. The van der Waals surface area contributed by atoms with E-state index < -0.39 is 5.60 Å². The first-order valence-electron chi connectivity index (χ1n) is 10.5. The topological polar surface area (TPSA) is 76.8 Å². The molecule has 1 unspecified atom stereocenters. The van der Waals surface area contributed by atoms with E-state index in [-0.39, 0.29) is 12.1 Å². The molecule has 7 heteroatoms. The second kappa shape index (κ2) is 8.68. The summed E-state index contributed by atoms with van der Waals surface area (Å²) in [5.74, 6) is 1.16. The smallest absolute Gasteiger partial charge is 0.414 e. The lowest BCUT2D eigenvalue weighted by atomic mass is 9.92. The van der Waals surface area contributed by atoms with E-state index in [4.69, 9.17) is 9.47 Å². The summed E-state index contributed by atoms with van der Waals surface area (Å²) in [5, 5.41) is 14.5. The van der Waals surface area contributed by atoms with Crippen LogP contribution in [0, 0.1) is 5.92 Å². The molecule has 0 aliphatic carbocycles. The summed E-state index contributed by atoms with van der Waals surface area (Å²) < 4.78 is 13.1. The molecule has 1 atom stereocenters. The lowest BCUT2D eigenvalue weighted by Gasteiger charge is -2.35. The maximum absolute atomic E-state index is 12.4. The van der Waals surface area contributed by atoms with Crippen molar-refractivity contribution in [3.05, 3.63) is 30.1 Å². The zero-order chi connectivity index (χ0) is 22.1. The van der Waals surface area contributed by atoms with Crippen LogP contribution >= 0.6 is 0 Å². The number of hydrogen-bond donors (Lipinski definition) is 1. The molecule has 1 aromatic carbocycles. The Labute approximate surface area is 178 Å². The average molecular weight is 416 g/mol. The fourth-order valence-corrected chi connectivity index (χ4v) is 3.81. The number of rotatable bonds is 6. The first kappa shape index (κ1) is 22.2. The number of hydrogen-bond acceptors (Lipinski definition) is 5. The van der Waals surface area contributed by atoms with Crippen molar-refractivity contribution in [2.45, 2.75) is 65.6 Å². The van der Waals surface area contributed by atoms with Crippen molar-refractivity contribution >= 4 is 11.8 Å². The number of benzene rings is 1. The number of methoxy groups -OCH3 is 1. The number of amides is 1. The van der Waals surface area contributed by atoms with Crippen LogP contribution < -0.4 is 9.64 Å². The Morgan fingerprint density at radius 2 is 2.10 bits per heavy atom. The Bertz CT molecular complexity index is 898. The van der Waals surface area contributed by atoms with E-state index in [0.29, 0.717) is 19.1 Å². The molecule has 164 valence electrons. The van der Waals surface area contributed by atoms with Gasteiger partial charge in [-0.1, -0.05) is 13.8 Å². The summed E-state index contributed by atoms with van der Waals surface area (Å²) in [7, 11) is 1.41. The molecule has 7 nitrogen and oxygen atoms in total. The molecule has 0 fully saturated rings. The zero-order valence-electron chi connectivity index (χ0n) is 18.8. The molecule has 1 aromatic heterocycles. The van der Waals surface area contributed by atoms with E-state index in [0.717, 1.165) is 41.0 Å². The molecule has 1 aliphatic heterocycles. The molecule has 30 heavy (non-hydrogen) atoms. The molecule has 1 amide bonds. The van der Waals surface area contributed by atoms with E-state index in [9.17, 15) is 9.90 Å². The molecule has 0 saturated heterocycles. The van der Waals surface area contributed by atoms with Gasteiger partial charge in [-0.25, -0.2) is 4.79 Å². The van der Waals surface area contributed by atoms with Crippen LogP contribution in [0.2, 0.25) is 0 Å². The number of ether oxygens (including phenoxy) is 2. The van der Waals surface area contributed by atoms with Crippen LogP contribution in [0.15, 0.2) is 24.5 Å². The van der Waals surface area contributed by atoms with Crippen molar-refractivity contribution in [1.29, 1.82) is 0 Å². The molecular weight excluding hydrogens is 382 g/mol. The molecule has 2 aromatic rings. The third-order valence-electron chi connectivity index (χ3n) is 5.17. The summed E-state index contributed by atoms with van der Waals surface area (Å²) in [6.07, 6.45) is 5.01. The number of aromatic nitrogens is 2. The standard InChI is InChI=1S/C23H33N3O4/c1-15(2)13-30-21-18(17-11-24-25(12-17)14-23(4,5)28)9-10-20-19(21)8-7-16(3)26(20)22(27)29-6/h9-12,15-16,28H,7-8,13-14H2,1-6H3. The monoisotopic (exact) mass is 415 g/mol. The van der Waals surface area contributed by atoms with Gasteiger partial charge in [0.2, 0.25) is 0 Å². The molecule has 1 aliphatic rings. The highest BCUT2D eigenvalue weighted by Crippen LogP contribution is 2.43. The van der Waals surface area contributed by atoms with Crippen LogP contribution in [0.5, 0.6) is 5.75 Å². The number of anilines is 1. The summed E-state index contributed by atoms with van der Waals surface area (Å²) in [6, 6.07) is 4.00. The minimum Gasteiger partial charge on any atom is -0.492 e. The van der Waals surface area contributed by atoms with Crippen molar-refractivity contribution in [1.82, 2.24) is 9.78 Å². The maximum Gasteiger partial charge on any atom is 0.414 e. The van der Waals surface area contributed by atoms with Gasteiger partial charge in [-0.15, -0.1) is 0 Å². The summed E-state index contributed by atoms with van der Waals surface area (Å²) >= 11 is 0. The molecule has 1 N–H and O–H groups in total. The lowest BCUT2D eigenvalue weighted by Crippen LogP contribution is -2.42. The van der Waals surface area contributed by atoms with Gasteiger partial charge in [-0.3, -0.25) is 9.58 Å². The van der Waals surface area contributed by atoms with E-state index in [1.54, 1.807) is 29.6 Å². The van der Waals surface area contributed by atoms with Crippen molar-refractivity contribution in [3.63, 3.8) is 0 Å². The highest BCUT2D eigenvalue weighted by molar-refractivity contribution is 5.92. The zero-order valence-corrected chi connectivity index (χ0v) is 18.8. The highest BCUT2D eigenvalue weighted by Gasteiger charge is 2.32. The summed E-state index contributed by atoms with van der Waals surface area (Å²) in [5.41, 5.74) is 2.87. The number of aliphatic hydroxyl groups is 1. The van der Waals surface area contributed by atoms with Crippen LogP contribution in [0.3, 0.4) is 0 Å². The summed E-state index contributed by atoms with van der Waals surface area (Å²) in [6.45, 7) is 10.7. The van der Waals surface area contributed by atoms with Gasteiger partial charge in [0.05, 0.1) is 37.7 Å². The number of carbonyl (C=O) groups is 1. The SMILES string of the molecule is COC(=O)N1c2ccc(-c3cnn(CC(C)(C)O)c3)c(OCC(C)C)c2CCC1C. The predicted octanol–water partition coefficient (Wildman–Crippen LogP) is 4.26. The third kappa shape index (κ3) is 4.78. The second-order valence-corrected chi connectivity index (χ2v) is 9.11. The predicted molar refractivity (Wildman–Crippen MR) is 117 cm³/mol. The van der Waals surface area contributed by atoms with E-state index in [2.05, 4.69) is 18.9 Å². The molecule has 0 bridgehead atoms. The average Bonchev–Trinajstić information content (AvgIpc) is 3.11. The second-order valence-electron chi connectivity index (χ2n) is 9.11. The van der Waals surface area contributed by atoms with Crippen molar-refractivity contribution < 1.29 is 19.4 Å². The molecule has 0 saturated carbocycles. The minimum atomic E-state index is -0.854. The van der Waals surface area contributed by atoms with Gasteiger partial charge in [0, 0.05) is 28.9 Å². The third-order valence-corrected chi connectivity index (χ3v) is 5.17. The van der Waals surface area contributed by atoms with Crippen LogP contribution in [0.25, 0.3) is 11.1 Å². The van der Waals surface area contributed by atoms with Crippen molar-refractivity contribution in [2.75, 3.05) is 18.6 Å². The fraction of sp³-hybridized carbons (Fsp3) is 0.565. The molecular formula is C23H33N3O4. The van der Waals surface area contributed by atoms with Crippen molar-refractivity contribution in [3.8, 4) is 16.9 Å². The van der Waals surface area contributed by atoms with E-state index in [1.807, 2.05) is 25.3 Å². The van der Waals surface area contributed by atoms with Gasteiger partial charge in [0.15, 0.2) is 0 Å². The van der Waals surface area contributed by atoms with Gasteiger partial charge < -0.3 is 14.6 Å². The van der Waals surface area contributed by atoms with Gasteiger partial charge in [0.25, 0.3) is 0 Å². The fourth-order valence-electron chi connectivity index (χ4n) is 3.81. The normalized spacial score (nSPS) is 16.5. The van der Waals surface area contributed by atoms with Crippen LogP contribution in [-0.4, -0.2) is 46.3 Å². The number of fused-ring (bicyclic) bond motifs is 1. The number of carbonyl (C=O) groups excluding carboxylic acids is 1. The quantitative estimate of drug-likeness (QED) is 0.763. The molecule has 3 rings (SSSR count). The first-order valence-corrected chi connectivity index (χ1v) is 10.5. The van der Waals surface area contributed by atoms with Crippen LogP contribution in [0.4, 0.5) is 10.5 Å². The Morgan fingerprint density at radius 3 is 2.73 bits per heavy atom. The Hall–Kier alpha value is -2.54. The lowest BCUT2D eigenvalue weighted by molar-refractivity contribution is 0.0577. The van der Waals surface area contributed by atoms with E-state index in [1.165, 1.54) is 7.11 Å². The number of nitrogens with zero attached hydrogens (tertiary/aromatic N) is 3. The van der Waals surface area contributed by atoms with Gasteiger partial charge in [-0.05, 0) is 51.7 Å². The summed E-state index contributed by atoms with van der Waals surface area (Å²) in [4.78, 5) is 14.1. The highest BCUT2D eigenvalue weighted by atomic mass is 16.5. The van der Waals surface area contributed by atoms with Gasteiger partial charge >= 0.3 is 6.09 Å². The van der Waals surface area contributed by atoms with Gasteiger partial charge in [0.1, 0.15) is 5.75 Å². The first-order chi connectivity index (χ1) is 14.1. The largest absolute Gasteiger partial charge is 0.492 e. The Morgan fingerprint density at radius 1 is 1.37 bits per heavy atom. The van der Waals surface area contributed by atoms with Crippen molar-refractivity contribution in [2.24, 2.45) is 5.92 Å². The molecule has 2 heterocycles. The van der Waals surface area contributed by atoms with Gasteiger partial charge in [-0.2, -0.15) is 5.10 Å². The molecule has 0 spiro atoms. The maximum atomic E-state index is 12.4. The van der Waals surface area contributed by atoms with E-state index >= 15 is 0 Å². The van der Waals surface area contributed by atoms with Crippen LogP contribution in [0.1, 0.15) is 46.6 Å². The minimum absolute atomic E-state index is 0.0586.